The van der Waals surface area contributed by atoms with Gasteiger partial charge < -0.3 is 9.47 Å². The van der Waals surface area contributed by atoms with Crippen LogP contribution in [-0.4, -0.2) is 34.3 Å². The first-order valence-corrected chi connectivity index (χ1v) is 10.3. The number of nitro benzene ring substituents is 1. The molecule has 0 aliphatic heterocycles. The molecule has 33 heavy (non-hydrogen) atoms. The molecule has 3 aromatic carbocycles. The smallest absolute Gasteiger partial charge is 0.269 e. The molecular formula is C25H20N4O4. The van der Waals surface area contributed by atoms with Crippen LogP contribution >= 0.6 is 0 Å². The highest BCUT2D eigenvalue weighted by Gasteiger charge is 2.19. The molecule has 0 unspecified atom stereocenters. The van der Waals surface area contributed by atoms with E-state index in [9.17, 15) is 10.1 Å². The molecule has 1 N–H and O–H groups in total. The van der Waals surface area contributed by atoms with Crippen molar-refractivity contribution in [2.24, 2.45) is 0 Å². The second-order valence-corrected chi connectivity index (χ2v) is 7.58. The van der Waals surface area contributed by atoms with E-state index in [-0.39, 0.29) is 5.69 Å². The number of H-pyrrole nitrogens is 1. The molecule has 2 aromatic heterocycles. The highest BCUT2D eigenvalue weighted by molar-refractivity contribution is 6.12. The number of fused-ring (bicyclic) bond motifs is 3. The van der Waals surface area contributed by atoms with Crippen molar-refractivity contribution in [3.05, 3.63) is 88.1 Å². The molecule has 0 saturated carbocycles. The molecule has 0 aliphatic carbocycles. The highest BCUT2D eigenvalue weighted by atomic mass is 16.6. The van der Waals surface area contributed by atoms with Crippen LogP contribution in [0.4, 0.5) is 5.69 Å². The molecule has 0 aliphatic rings. The van der Waals surface area contributed by atoms with E-state index in [1.54, 1.807) is 26.4 Å². The van der Waals surface area contributed by atoms with Crippen LogP contribution in [0.15, 0.2) is 66.7 Å². The second kappa shape index (κ2) is 8.23. The summed E-state index contributed by atoms with van der Waals surface area (Å²) in [4.78, 5) is 15.5. The van der Waals surface area contributed by atoms with Crippen LogP contribution in [0.1, 0.15) is 11.3 Å². The summed E-state index contributed by atoms with van der Waals surface area (Å²) in [5.74, 6) is 1.17. The van der Waals surface area contributed by atoms with Crippen LogP contribution in [0.5, 0.6) is 11.5 Å². The van der Waals surface area contributed by atoms with Gasteiger partial charge in [0.25, 0.3) is 5.69 Å². The van der Waals surface area contributed by atoms with E-state index in [0.29, 0.717) is 29.3 Å². The summed E-state index contributed by atoms with van der Waals surface area (Å²) in [6, 6.07) is 20.3. The number of aromatic nitrogens is 3. The molecule has 0 spiro atoms. The van der Waals surface area contributed by atoms with E-state index in [0.717, 1.165) is 33.0 Å². The lowest BCUT2D eigenvalue weighted by molar-refractivity contribution is -0.384. The molecule has 2 heterocycles. The Hall–Kier alpha value is -4.46. The molecular weight excluding hydrogens is 420 g/mol. The molecule has 164 valence electrons. The number of pyridine rings is 1. The molecule has 0 bridgehead atoms. The van der Waals surface area contributed by atoms with Crippen molar-refractivity contribution in [2.75, 3.05) is 14.2 Å². The van der Waals surface area contributed by atoms with Gasteiger partial charge >= 0.3 is 0 Å². The van der Waals surface area contributed by atoms with Crippen molar-refractivity contribution < 1.29 is 14.4 Å². The number of hydrogen-bond donors (Lipinski definition) is 1. The van der Waals surface area contributed by atoms with E-state index < -0.39 is 4.92 Å². The summed E-state index contributed by atoms with van der Waals surface area (Å²) >= 11 is 0. The number of nitrogens with zero attached hydrogens (tertiary/aromatic N) is 3. The largest absolute Gasteiger partial charge is 0.493 e. The third-order valence-electron chi connectivity index (χ3n) is 5.66. The number of nitrogens with one attached hydrogen (secondary N) is 1. The average Bonchev–Trinajstić information content (AvgIpc) is 3.25. The van der Waals surface area contributed by atoms with E-state index in [4.69, 9.17) is 14.5 Å². The van der Waals surface area contributed by atoms with Gasteiger partial charge in [0.15, 0.2) is 17.1 Å². The molecule has 8 heteroatoms. The first-order valence-electron chi connectivity index (χ1n) is 10.3. The SMILES string of the molecule is COc1cc2c(-c3ccc([N+](=O)[O-])cc3)nc3n[nH]c(Cc4ccccc4)c3c2cc1OC. The minimum absolute atomic E-state index is 0.0216. The predicted molar refractivity (Wildman–Crippen MR) is 126 cm³/mol. The van der Waals surface area contributed by atoms with Crippen molar-refractivity contribution in [1.29, 1.82) is 0 Å². The summed E-state index contributed by atoms with van der Waals surface area (Å²) in [5, 5.41) is 21.4. The minimum Gasteiger partial charge on any atom is -0.493 e. The van der Waals surface area contributed by atoms with Crippen molar-refractivity contribution in [2.45, 2.75) is 6.42 Å². The molecule has 5 aromatic rings. The van der Waals surface area contributed by atoms with E-state index in [1.807, 2.05) is 30.3 Å². The predicted octanol–water partition coefficient (Wildman–Crippen LogP) is 5.29. The maximum Gasteiger partial charge on any atom is 0.269 e. The Bertz CT molecular complexity index is 1480. The number of methoxy groups -OCH3 is 2. The Balaban J connectivity index is 1.78. The molecule has 0 atom stereocenters. The third-order valence-corrected chi connectivity index (χ3v) is 5.66. The van der Waals surface area contributed by atoms with Gasteiger partial charge in [-0.05, 0) is 29.8 Å². The van der Waals surface area contributed by atoms with E-state index in [1.165, 1.54) is 12.1 Å². The van der Waals surface area contributed by atoms with Gasteiger partial charge in [-0.2, -0.15) is 5.10 Å². The van der Waals surface area contributed by atoms with Crippen LogP contribution in [0.2, 0.25) is 0 Å². The Morgan fingerprint density at radius 2 is 1.61 bits per heavy atom. The van der Waals surface area contributed by atoms with E-state index in [2.05, 4.69) is 22.3 Å². The van der Waals surface area contributed by atoms with Crippen LogP contribution < -0.4 is 9.47 Å². The number of benzene rings is 3. The van der Waals surface area contributed by atoms with Crippen molar-refractivity contribution in [1.82, 2.24) is 15.2 Å². The minimum atomic E-state index is -0.421. The van der Waals surface area contributed by atoms with Gasteiger partial charge in [0, 0.05) is 40.6 Å². The van der Waals surface area contributed by atoms with Gasteiger partial charge in [-0.15, -0.1) is 0 Å². The number of hydrogen-bond acceptors (Lipinski definition) is 6. The van der Waals surface area contributed by atoms with Crippen molar-refractivity contribution in [3.8, 4) is 22.8 Å². The molecule has 0 amide bonds. The van der Waals surface area contributed by atoms with Crippen LogP contribution in [0, 0.1) is 10.1 Å². The summed E-state index contributed by atoms with van der Waals surface area (Å²) in [6.45, 7) is 0. The van der Waals surface area contributed by atoms with Gasteiger partial charge in [0.05, 0.1) is 30.2 Å². The summed E-state index contributed by atoms with van der Waals surface area (Å²) in [7, 11) is 3.18. The van der Waals surface area contributed by atoms with Gasteiger partial charge in [0.1, 0.15) is 0 Å². The quantitative estimate of drug-likeness (QED) is 0.284. The first-order chi connectivity index (χ1) is 16.1. The summed E-state index contributed by atoms with van der Waals surface area (Å²) < 4.78 is 11.1. The van der Waals surface area contributed by atoms with Crippen LogP contribution in [0.25, 0.3) is 33.1 Å². The third kappa shape index (κ3) is 3.61. The van der Waals surface area contributed by atoms with Gasteiger partial charge in [-0.3, -0.25) is 15.2 Å². The Labute approximate surface area is 189 Å². The number of nitro groups is 1. The summed E-state index contributed by atoms with van der Waals surface area (Å²) in [5.41, 5.74) is 4.08. The lowest BCUT2D eigenvalue weighted by atomic mass is 9.98. The van der Waals surface area contributed by atoms with Gasteiger partial charge in [-0.1, -0.05) is 30.3 Å². The fourth-order valence-electron chi connectivity index (χ4n) is 4.07. The fraction of sp³-hybridized carbons (Fsp3) is 0.120. The number of non-ortho nitro benzene ring substituents is 1. The number of ether oxygens (including phenoxy) is 2. The highest BCUT2D eigenvalue weighted by Crippen LogP contribution is 2.40. The maximum absolute atomic E-state index is 11.1. The van der Waals surface area contributed by atoms with Crippen LogP contribution in [-0.2, 0) is 6.42 Å². The standard InChI is InChI=1S/C25H20N4O4/c1-32-21-13-18-19(14-22(21)33-2)24(16-8-10-17(11-9-16)29(30)31)26-25-23(18)20(27-28-25)12-15-6-4-3-5-7-15/h3-11,13-14H,12H2,1-2H3,(H,26,27,28). The number of aromatic amines is 1. The maximum atomic E-state index is 11.1. The molecule has 5 rings (SSSR count). The van der Waals surface area contributed by atoms with Crippen LogP contribution in [0.3, 0.4) is 0 Å². The Morgan fingerprint density at radius 1 is 0.939 bits per heavy atom. The van der Waals surface area contributed by atoms with Crippen molar-refractivity contribution >= 4 is 27.5 Å². The molecule has 0 saturated heterocycles. The molecule has 0 fully saturated rings. The lowest BCUT2D eigenvalue weighted by Gasteiger charge is -2.13. The van der Waals surface area contributed by atoms with E-state index >= 15 is 0 Å². The lowest BCUT2D eigenvalue weighted by Crippen LogP contribution is -1.95. The molecule has 8 nitrogen and oxygen atoms in total. The zero-order valence-corrected chi connectivity index (χ0v) is 18.0. The normalized spacial score (nSPS) is 11.1. The average molecular weight is 440 g/mol. The number of rotatable bonds is 6. The Morgan fingerprint density at radius 3 is 2.24 bits per heavy atom. The van der Waals surface area contributed by atoms with Crippen molar-refractivity contribution in [3.63, 3.8) is 0 Å². The fourth-order valence-corrected chi connectivity index (χ4v) is 4.07. The Kier molecular flexibility index (Phi) is 5.10. The monoisotopic (exact) mass is 440 g/mol. The van der Waals surface area contributed by atoms with Gasteiger partial charge in [0.2, 0.25) is 0 Å². The van der Waals surface area contributed by atoms with Gasteiger partial charge in [-0.25, -0.2) is 4.98 Å². The molecule has 0 radical (unpaired) electrons. The zero-order valence-electron chi connectivity index (χ0n) is 18.0. The topological polar surface area (TPSA) is 103 Å². The second-order valence-electron chi connectivity index (χ2n) is 7.58. The zero-order chi connectivity index (χ0) is 22.9. The first kappa shape index (κ1) is 20.4. The summed E-state index contributed by atoms with van der Waals surface area (Å²) in [6.07, 6.45) is 0.666.